The van der Waals surface area contributed by atoms with Gasteiger partial charge in [0.15, 0.2) is 5.78 Å². The molecule has 2 fully saturated rings. The molecular formula is C48H80N4O8. The quantitative estimate of drug-likeness (QED) is 0.127. The van der Waals surface area contributed by atoms with Gasteiger partial charge in [-0.1, -0.05) is 85.2 Å². The van der Waals surface area contributed by atoms with Crippen molar-refractivity contribution >= 4 is 29.4 Å². The zero-order valence-electron chi connectivity index (χ0n) is 39.3. The Morgan fingerprint density at radius 1 is 0.850 bits per heavy atom. The van der Waals surface area contributed by atoms with Gasteiger partial charge in [-0.05, 0) is 63.4 Å². The van der Waals surface area contributed by atoms with E-state index in [0.29, 0.717) is 19.4 Å². The van der Waals surface area contributed by atoms with Gasteiger partial charge < -0.3 is 29.3 Å². The normalized spacial score (nSPS) is 20.5. The molecule has 60 heavy (non-hydrogen) atoms. The van der Waals surface area contributed by atoms with Gasteiger partial charge in [-0.15, -0.1) is 0 Å². The fourth-order valence-corrected chi connectivity index (χ4v) is 9.46. The molecule has 2 saturated heterocycles. The molecule has 0 bridgehead atoms. The van der Waals surface area contributed by atoms with Crippen LogP contribution in [0.1, 0.15) is 113 Å². The average Bonchev–Trinajstić information content (AvgIpc) is 3.68. The SMILES string of the molecule is CC[C@H](C)[C@@H]([C@@H](CC(=O)N1CCC[C@H]1[C@H](OC)[C@@H](C)C(=O)C[C@@H](Cc1ccccc1)C(=O)OC(C)(C)C)OC)N(C)C(=O)[C@@H](CC(=O)[C@H](C(C)C)N1CCNCC1)C(C)C. The monoisotopic (exact) mass is 841 g/mol. The third kappa shape index (κ3) is 14.2. The number of hydrogen-bond donors (Lipinski definition) is 1. The first-order valence-electron chi connectivity index (χ1n) is 22.6. The topological polar surface area (TPSA) is 135 Å². The molecular weight excluding hydrogens is 761 g/mol. The van der Waals surface area contributed by atoms with Gasteiger partial charge in [-0.3, -0.25) is 28.9 Å². The summed E-state index contributed by atoms with van der Waals surface area (Å²) in [6, 6.07) is 8.61. The predicted octanol–water partition coefficient (Wildman–Crippen LogP) is 6.23. The molecule has 0 radical (unpaired) electrons. The number of rotatable bonds is 23. The number of Topliss-reactive ketones (excluding diaryl/α,β-unsaturated/α-hetero) is 2. The van der Waals surface area contributed by atoms with Crippen LogP contribution >= 0.6 is 0 Å². The highest BCUT2D eigenvalue weighted by atomic mass is 16.6. The van der Waals surface area contributed by atoms with E-state index >= 15 is 0 Å². The van der Waals surface area contributed by atoms with Crippen molar-refractivity contribution in [3.05, 3.63) is 35.9 Å². The summed E-state index contributed by atoms with van der Waals surface area (Å²) in [7, 11) is 4.96. The van der Waals surface area contributed by atoms with E-state index in [-0.39, 0.29) is 72.5 Å². The minimum Gasteiger partial charge on any atom is -0.460 e. The predicted molar refractivity (Wildman–Crippen MR) is 236 cm³/mol. The molecule has 1 N–H and O–H groups in total. The van der Waals surface area contributed by atoms with E-state index in [2.05, 4.69) is 37.9 Å². The number of likely N-dealkylation sites (N-methyl/N-ethyl adjacent to an activating group) is 1. The maximum absolute atomic E-state index is 14.5. The number of likely N-dealkylation sites (tertiary alicyclic amines) is 1. The Labute approximate surface area is 362 Å². The molecule has 12 nitrogen and oxygen atoms in total. The molecule has 0 spiro atoms. The Morgan fingerprint density at radius 2 is 1.48 bits per heavy atom. The molecule has 3 rings (SSSR count). The zero-order valence-corrected chi connectivity index (χ0v) is 39.3. The molecule has 1 aromatic rings. The van der Waals surface area contributed by atoms with E-state index in [1.807, 2.05) is 76.8 Å². The third-order valence-electron chi connectivity index (χ3n) is 12.9. The van der Waals surface area contributed by atoms with Crippen LogP contribution in [0.2, 0.25) is 0 Å². The molecule has 0 aromatic heterocycles. The van der Waals surface area contributed by atoms with Crippen molar-refractivity contribution in [3.8, 4) is 0 Å². The number of ether oxygens (including phenoxy) is 3. The summed E-state index contributed by atoms with van der Waals surface area (Å²) in [5, 5.41) is 3.37. The Balaban J connectivity index is 1.80. The van der Waals surface area contributed by atoms with Crippen LogP contribution in [-0.4, -0.2) is 134 Å². The Bertz CT molecular complexity index is 1520. The lowest BCUT2D eigenvalue weighted by molar-refractivity contribution is -0.161. The van der Waals surface area contributed by atoms with Gasteiger partial charge in [0.05, 0.1) is 42.7 Å². The molecule has 2 heterocycles. The van der Waals surface area contributed by atoms with Gasteiger partial charge in [-0.2, -0.15) is 0 Å². The van der Waals surface area contributed by atoms with Gasteiger partial charge >= 0.3 is 5.97 Å². The van der Waals surface area contributed by atoms with Crippen LogP contribution in [0.25, 0.3) is 0 Å². The van der Waals surface area contributed by atoms with Crippen LogP contribution in [0.4, 0.5) is 0 Å². The largest absolute Gasteiger partial charge is 0.460 e. The van der Waals surface area contributed by atoms with Crippen LogP contribution < -0.4 is 5.32 Å². The van der Waals surface area contributed by atoms with Gasteiger partial charge in [0.25, 0.3) is 0 Å². The van der Waals surface area contributed by atoms with Gasteiger partial charge in [0.1, 0.15) is 11.4 Å². The second-order valence-corrected chi connectivity index (χ2v) is 19.2. The van der Waals surface area contributed by atoms with Crippen LogP contribution in [-0.2, 0) is 44.6 Å². The minimum atomic E-state index is -0.701. The van der Waals surface area contributed by atoms with Gasteiger partial charge in [0.2, 0.25) is 11.8 Å². The smallest absolute Gasteiger partial charge is 0.310 e. The summed E-state index contributed by atoms with van der Waals surface area (Å²) in [5.74, 6) is -2.40. The second kappa shape index (κ2) is 23.9. The summed E-state index contributed by atoms with van der Waals surface area (Å²) in [6.07, 6.45) is 1.55. The molecule has 0 saturated carbocycles. The third-order valence-corrected chi connectivity index (χ3v) is 12.9. The van der Waals surface area contributed by atoms with Crippen molar-refractivity contribution in [1.82, 2.24) is 20.0 Å². The van der Waals surface area contributed by atoms with E-state index < -0.39 is 47.6 Å². The summed E-state index contributed by atoms with van der Waals surface area (Å²) < 4.78 is 17.9. The number of carbonyl (C=O) groups is 5. The van der Waals surface area contributed by atoms with Gasteiger partial charge in [0, 0.05) is 78.7 Å². The van der Waals surface area contributed by atoms with E-state index in [1.54, 1.807) is 26.2 Å². The number of methoxy groups -OCH3 is 2. The number of nitrogens with one attached hydrogen (secondary N) is 1. The maximum atomic E-state index is 14.5. The molecule has 2 amide bonds. The number of amides is 2. The maximum Gasteiger partial charge on any atom is 0.310 e. The molecule has 2 aliphatic rings. The molecule has 12 heteroatoms. The summed E-state index contributed by atoms with van der Waals surface area (Å²) in [4.78, 5) is 76.3. The van der Waals surface area contributed by atoms with Crippen molar-refractivity contribution < 1.29 is 38.2 Å². The average molecular weight is 841 g/mol. The lowest BCUT2D eigenvalue weighted by Gasteiger charge is -2.41. The Morgan fingerprint density at radius 3 is 2.02 bits per heavy atom. The first-order valence-corrected chi connectivity index (χ1v) is 22.6. The number of carbonyl (C=O) groups excluding carboxylic acids is 5. The Hall–Kier alpha value is -3.19. The van der Waals surface area contributed by atoms with Gasteiger partial charge in [-0.25, -0.2) is 0 Å². The van der Waals surface area contributed by atoms with E-state index in [4.69, 9.17) is 14.2 Å². The number of ketones is 2. The number of esters is 1. The first-order chi connectivity index (χ1) is 28.3. The summed E-state index contributed by atoms with van der Waals surface area (Å²) in [6.45, 7) is 23.4. The highest BCUT2D eigenvalue weighted by Crippen LogP contribution is 2.32. The fraction of sp³-hybridized carbons (Fsp3) is 0.771. The summed E-state index contributed by atoms with van der Waals surface area (Å²) >= 11 is 0. The van der Waals surface area contributed by atoms with Crippen LogP contribution in [0.5, 0.6) is 0 Å². The fourth-order valence-electron chi connectivity index (χ4n) is 9.46. The molecule has 9 atom stereocenters. The Kier molecular flexibility index (Phi) is 20.4. The van der Waals surface area contributed by atoms with Crippen molar-refractivity contribution in [2.75, 3.05) is 54.0 Å². The second-order valence-electron chi connectivity index (χ2n) is 19.2. The van der Waals surface area contributed by atoms with E-state index in [9.17, 15) is 24.0 Å². The van der Waals surface area contributed by atoms with Crippen molar-refractivity contribution in [1.29, 1.82) is 0 Å². The molecule has 0 aliphatic carbocycles. The molecule has 1 aromatic carbocycles. The lowest BCUT2D eigenvalue weighted by atomic mass is 9.83. The van der Waals surface area contributed by atoms with Crippen LogP contribution in [0.3, 0.4) is 0 Å². The molecule has 340 valence electrons. The van der Waals surface area contributed by atoms with Crippen LogP contribution in [0.15, 0.2) is 30.3 Å². The highest BCUT2D eigenvalue weighted by molar-refractivity contribution is 5.90. The number of piperazine rings is 1. The van der Waals surface area contributed by atoms with Crippen molar-refractivity contribution in [3.63, 3.8) is 0 Å². The number of nitrogens with zero attached hydrogens (tertiary/aromatic N) is 3. The molecule has 2 aliphatic heterocycles. The molecule has 0 unspecified atom stereocenters. The number of benzene rings is 1. The van der Waals surface area contributed by atoms with Crippen molar-refractivity contribution in [2.45, 2.75) is 150 Å². The minimum absolute atomic E-state index is 0.00276. The lowest BCUT2D eigenvalue weighted by Crippen LogP contribution is -2.55. The highest BCUT2D eigenvalue weighted by Gasteiger charge is 2.44. The van der Waals surface area contributed by atoms with Crippen LogP contribution in [0, 0.1) is 35.5 Å². The standard InChI is InChI=1S/C48H80N4O8/c1-14-33(6)44(50(11)46(56)37(31(2)3)29-40(54)43(32(4)5)51-25-22-49-23-26-51)41(58-12)30-42(55)52-24-18-21-38(52)45(59-13)34(7)39(53)28-36(47(57)60-48(8,9)10)27-35-19-16-15-17-20-35/h15-17,19-20,31-34,36-38,41,43-45,49H,14,18,21-30H2,1-13H3/t33-,34-,36+,37-,38-,41+,43-,44-,45+/m0/s1. The van der Waals surface area contributed by atoms with E-state index in [1.165, 1.54) is 0 Å². The number of hydrogen-bond acceptors (Lipinski definition) is 10. The summed E-state index contributed by atoms with van der Waals surface area (Å²) in [5.41, 5.74) is 0.243. The van der Waals surface area contributed by atoms with E-state index in [0.717, 1.165) is 44.6 Å². The van der Waals surface area contributed by atoms with Crippen molar-refractivity contribution in [2.24, 2.45) is 35.5 Å². The zero-order chi connectivity index (χ0) is 44.9. The first kappa shape index (κ1) is 51.2.